The van der Waals surface area contributed by atoms with Gasteiger partial charge in [0, 0.05) is 13.2 Å². The molecule has 5 heteroatoms. The molecule has 3 N–H and O–H groups in total. The summed E-state index contributed by atoms with van der Waals surface area (Å²) in [5.74, 6) is 4.59. The van der Waals surface area contributed by atoms with E-state index in [4.69, 9.17) is 15.3 Å². The summed E-state index contributed by atoms with van der Waals surface area (Å²) < 4.78 is 10.4. The van der Waals surface area contributed by atoms with Crippen molar-refractivity contribution in [2.45, 2.75) is 18.9 Å². The van der Waals surface area contributed by atoms with Gasteiger partial charge in [0.2, 0.25) is 0 Å². The summed E-state index contributed by atoms with van der Waals surface area (Å²) in [7, 11) is 0. The van der Waals surface area contributed by atoms with Crippen LogP contribution in [0.1, 0.15) is 12.8 Å². The maximum Gasteiger partial charge on any atom is 0.259 e. The number of rotatable bonds is 3. The largest absolute Gasteiger partial charge is 0.381 e. The van der Waals surface area contributed by atoms with Crippen molar-refractivity contribution in [1.82, 2.24) is 5.43 Å². The van der Waals surface area contributed by atoms with E-state index in [1.807, 2.05) is 5.43 Å². The van der Waals surface area contributed by atoms with Gasteiger partial charge in [-0.3, -0.25) is 10.2 Å². The second kappa shape index (κ2) is 5.08. The van der Waals surface area contributed by atoms with Crippen LogP contribution in [-0.2, 0) is 14.3 Å². The molecule has 0 aromatic carbocycles. The molecule has 0 bridgehead atoms. The molecule has 1 aliphatic rings. The fourth-order valence-corrected chi connectivity index (χ4v) is 1.08. The number of nitrogens with one attached hydrogen (secondary N) is 1. The first-order valence-electron chi connectivity index (χ1n) is 4.01. The molecule has 12 heavy (non-hydrogen) atoms. The molecule has 0 spiro atoms. The maximum atomic E-state index is 10.7. The lowest BCUT2D eigenvalue weighted by atomic mass is 10.2. The highest BCUT2D eigenvalue weighted by molar-refractivity contribution is 5.76. The Morgan fingerprint density at radius 2 is 2.25 bits per heavy atom. The summed E-state index contributed by atoms with van der Waals surface area (Å²) in [6, 6.07) is 0. The summed E-state index contributed by atoms with van der Waals surface area (Å²) in [4.78, 5) is 10.7. The topological polar surface area (TPSA) is 73.6 Å². The Morgan fingerprint density at radius 3 is 2.83 bits per heavy atom. The van der Waals surface area contributed by atoms with Crippen LogP contribution in [0, 0.1) is 0 Å². The Morgan fingerprint density at radius 1 is 1.58 bits per heavy atom. The molecule has 0 aliphatic carbocycles. The normalized spacial score (nSPS) is 19.1. The molecule has 0 aromatic heterocycles. The average Bonchev–Trinajstić information content (AvgIpc) is 2.16. The van der Waals surface area contributed by atoms with E-state index in [1.54, 1.807) is 0 Å². The lowest BCUT2D eigenvalue weighted by molar-refractivity contribution is -0.129. The lowest BCUT2D eigenvalue weighted by Crippen LogP contribution is -2.35. The van der Waals surface area contributed by atoms with Crippen molar-refractivity contribution in [3.8, 4) is 0 Å². The van der Waals surface area contributed by atoms with Gasteiger partial charge >= 0.3 is 0 Å². The predicted molar refractivity (Wildman–Crippen MR) is 42.1 cm³/mol. The molecule has 1 fully saturated rings. The minimum Gasteiger partial charge on any atom is -0.381 e. The first-order chi connectivity index (χ1) is 5.83. The molecule has 1 amide bonds. The highest BCUT2D eigenvalue weighted by Crippen LogP contribution is 2.09. The van der Waals surface area contributed by atoms with Gasteiger partial charge in [-0.05, 0) is 12.8 Å². The Kier molecular flexibility index (Phi) is 3.99. The Hall–Kier alpha value is -0.650. The van der Waals surface area contributed by atoms with Crippen LogP contribution >= 0.6 is 0 Å². The van der Waals surface area contributed by atoms with Crippen molar-refractivity contribution in [3.63, 3.8) is 0 Å². The zero-order chi connectivity index (χ0) is 8.81. The van der Waals surface area contributed by atoms with Gasteiger partial charge in [0.05, 0.1) is 6.10 Å². The molecule has 1 aliphatic heterocycles. The third-order valence-electron chi connectivity index (χ3n) is 1.78. The SMILES string of the molecule is NNC(=O)COC1CCOCC1. The molecule has 1 rings (SSSR count). The summed E-state index contributed by atoms with van der Waals surface area (Å²) in [6.45, 7) is 1.48. The smallest absolute Gasteiger partial charge is 0.259 e. The van der Waals surface area contributed by atoms with Crippen molar-refractivity contribution in [2.75, 3.05) is 19.8 Å². The second-order valence-corrected chi connectivity index (χ2v) is 2.69. The predicted octanol–water partition coefficient (Wildman–Crippen LogP) is -0.828. The third kappa shape index (κ3) is 3.17. The molecular weight excluding hydrogens is 160 g/mol. The lowest BCUT2D eigenvalue weighted by Gasteiger charge is -2.21. The number of amides is 1. The van der Waals surface area contributed by atoms with Crippen LogP contribution in [0.2, 0.25) is 0 Å². The zero-order valence-electron chi connectivity index (χ0n) is 6.91. The molecule has 0 unspecified atom stereocenters. The molecule has 0 atom stereocenters. The summed E-state index contributed by atoms with van der Waals surface area (Å²) in [5.41, 5.74) is 2.01. The molecule has 0 radical (unpaired) electrons. The van der Waals surface area contributed by atoms with Gasteiger partial charge in [0.25, 0.3) is 5.91 Å². The molecule has 0 aromatic rings. The average molecular weight is 174 g/mol. The first kappa shape index (κ1) is 9.44. The number of nitrogens with two attached hydrogens (primary N) is 1. The van der Waals surface area contributed by atoms with Gasteiger partial charge in [-0.2, -0.15) is 0 Å². The van der Waals surface area contributed by atoms with Gasteiger partial charge in [-0.15, -0.1) is 0 Å². The summed E-state index contributed by atoms with van der Waals surface area (Å²) in [5, 5.41) is 0. The number of hydrogen-bond acceptors (Lipinski definition) is 4. The third-order valence-corrected chi connectivity index (χ3v) is 1.78. The van der Waals surface area contributed by atoms with Crippen molar-refractivity contribution in [1.29, 1.82) is 0 Å². The van der Waals surface area contributed by atoms with Gasteiger partial charge in [0.1, 0.15) is 6.61 Å². The van der Waals surface area contributed by atoms with E-state index in [-0.39, 0.29) is 18.6 Å². The van der Waals surface area contributed by atoms with Crippen LogP contribution in [-0.4, -0.2) is 31.8 Å². The van der Waals surface area contributed by atoms with Crippen molar-refractivity contribution >= 4 is 5.91 Å². The highest BCUT2D eigenvalue weighted by Gasteiger charge is 2.14. The number of carbonyl (C=O) groups is 1. The first-order valence-corrected chi connectivity index (χ1v) is 4.01. The van der Waals surface area contributed by atoms with Crippen molar-refractivity contribution < 1.29 is 14.3 Å². The Bertz CT molecular complexity index is 146. The quantitative estimate of drug-likeness (QED) is 0.333. The van der Waals surface area contributed by atoms with E-state index in [0.29, 0.717) is 0 Å². The van der Waals surface area contributed by atoms with E-state index in [0.717, 1.165) is 26.1 Å². The van der Waals surface area contributed by atoms with Gasteiger partial charge in [-0.25, -0.2) is 5.84 Å². The molecular formula is C7H14N2O3. The van der Waals surface area contributed by atoms with Crippen LogP contribution in [0.5, 0.6) is 0 Å². The monoisotopic (exact) mass is 174 g/mol. The van der Waals surface area contributed by atoms with E-state index in [9.17, 15) is 4.79 Å². The summed E-state index contributed by atoms with van der Waals surface area (Å²) >= 11 is 0. The van der Waals surface area contributed by atoms with E-state index < -0.39 is 0 Å². The van der Waals surface area contributed by atoms with Gasteiger partial charge in [0.15, 0.2) is 0 Å². The van der Waals surface area contributed by atoms with E-state index >= 15 is 0 Å². The van der Waals surface area contributed by atoms with Crippen LogP contribution in [0.4, 0.5) is 0 Å². The van der Waals surface area contributed by atoms with Crippen molar-refractivity contribution in [2.24, 2.45) is 5.84 Å². The van der Waals surface area contributed by atoms with Crippen LogP contribution in [0.3, 0.4) is 0 Å². The molecule has 1 saturated heterocycles. The summed E-state index contributed by atoms with van der Waals surface area (Å²) in [6.07, 6.45) is 1.87. The zero-order valence-corrected chi connectivity index (χ0v) is 6.91. The molecule has 1 heterocycles. The Balaban J connectivity index is 2.09. The number of hydrogen-bond donors (Lipinski definition) is 2. The van der Waals surface area contributed by atoms with Gasteiger partial charge < -0.3 is 9.47 Å². The van der Waals surface area contributed by atoms with Crippen LogP contribution in [0.15, 0.2) is 0 Å². The van der Waals surface area contributed by atoms with Crippen LogP contribution in [0.25, 0.3) is 0 Å². The fraction of sp³-hybridized carbons (Fsp3) is 0.857. The van der Waals surface area contributed by atoms with Gasteiger partial charge in [-0.1, -0.05) is 0 Å². The molecule has 0 saturated carbocycles. The fourth-order valence-electron chi connectivity index (χ4n) is 1.08. The molecule has 5 nitrogen and oxygen atoms in total. The highest BCUT2D eigenvalue weighted by atomic mass is 16.5. The Labute approximate surface area is 71.2 Å². The number of ether oxygens (including phenoxy) is 2. The standard InChI is InChI=1S/C7H14N2O3/c8-9-7(10)5-12-6-1-3-11-4-2-6/h6H,1-5,8H2,(H,9,10). The second-order valence-electron chi connectivity index (χ2n) is 2.69. The van der Waals surface area contributed by atoms with E-state index in [1.165, 1.54) is 0 Å². The van der Waals surface area contributed by atoms with Crippen LogP contribution < -0.4 is 11.3 Å². The molecule has 70 valence electrons. The van der Waals surface area contributed by atoms with Crippen molar-refractivity contribution in [3.05, 3.63) is 0 Å². The minimum absolute atomic E-state index is 0.0428. The number of hydrazine groups is 1. The minimum atomic E-state index is -0.290. The number of carbonyl (C=O) groups excluding carboxylic acids is 1. The van der Waals surface area contributed by atoms with E-state index in [2.05, 4.69) is 0 Å². The maximum absolute atomic E-state index is 10.7.